The molecule has 3 aromatic rings. The Morgan fingerprint density at radius 2 is 1.92 bits per heavy atom. The van der Waals surface area contributed by atoms with Crippen molar-refractivity contribution >= 4 is 21.6 Å². The van der Waals surface area contributed by atoms with Gasteiger partial charge < -0.3 is 9.64 Å². The van der Waals surface area contributed by atoms with Crippen LogP contribution >= 0.6 is 11.3 Å². The molecule has 188 valence electrons. The zero-order chi connectivity index (χ0) is 24.6. The summed E-state index contributed by atoms with van der Waals surface area (Å²) in [7, 11) is 2.27. The minimum Gasteiger partial charge on any atom is -0.490 e. The summed E-state index contributed by atoms with van der Waals surface area (Å²) in [4.78, 5) is 21.5. The average molecular weight is 502 g/mol. The molecule has 0 radical (unpaired) electrons. The van der Waals surface area contributed by atoms with E-state index in [1.807, 2.05) is 12.1 Å². The van der Waals surface area contributed by atoms with Crippen LogP contribution in [-0.4, -0.2) is 39.7 Å². The van der Waals surface area contributed by atoms with Crippen LogP contribution in [0.25, 0.3) is 15.9 Å². The molecule has 6 rings (SSSR count). The Morgan fingerprint density at radius 1 is 1.11 bits per heavy atom. The summed E-state index contributed by atoms with van der Waals surface area (Å²) >= 11 is 1.46. The van der Waals surface area contributed by atoms with Crippen molar-refractivity contribution in [1.29, 1.82) is 0 Å². The lowest BCUT2D eigenvalue weighted by molar-refractivity contribution is 0.0655. The standard InChI is InChI=1S/C30H35N3O2S/c1-3-4-5-6-21-15-24(12-14-28(21)35-25-16-22-10-11-23(17-25)32(22)2)33-19-31-27-18-26(13-9-20-7-8-20)36-29(27)30(33)34/h12,14-15,18-20,22-23,25H,3-8,10-11,16-17H2,1-2H3/t22-,23+,25+. The van der Waals surface area contributed by atoms with Crippen molar-refractivity contribution in [3.05, 3.63) is 51.4 Å². The van der Waals surface area contributed by atoms with Crippen LogP contribution in [-0.2, 0) is 6.42 Å². The quantitative estimate of drug-likeness (QED) is 0.297. The van der Waals surface area contributed by atoms with Crippen LogP contribution in [0, 0.1) is 17.8 Å². The van der Waals surface area contributed by atoms with Crippen molar-refractivity contribution in [3.8, 4) is 23.3 Å². The second kappa shape index (κ2) is 10.0. The van der Waals surface area contributed by atoms with Gasteiger partial charge in [-0.1, -0.05) is 31.6 Å². The Morgan fingerprint density at radius 3 is 2.67 bits per heavy atom. The van der Waals surface area contributed by atoms with E-state index in [2.05, 4.69) is 47.8 Å². The van der Waals surface area contributed by atoms with Gasteiger partial charge in [0.2, 0.25) is 0 Å². The summed E-state index contributed by atoms with van der Waals surface area (Å²) in [5.41, 5.74) is 2.77. The SMILES string of the molecule is CCCCCc1cc(-n2cnc3cc(C#CC4CC4)sc3c2=O)ccc1O[C@H]1C[C@H]2CC[C@@H](C1)N2C. The van der Waals surface area contributed by atoms with Crippen molar-refractivity contribution in [2.24, 2.45) is 5.92 Å². The third-order valence-corrected chi connectivity index (χ3v) is 9.16. The first-order chi connectivity index (χ1) is 17.6. The number of hydrogen-bond acceptors (Lipinski definition) is 5. The molecule has 2 bridgehead atoms. The first-order valence-corrected chi connectivity index (χ1v) is 14.5. The largest absolute Gasteiger partial charge is 0.490 e. The summed E-state index contributed by atoms with van der Waals surface area (Å²) in [5.74, 6) is 8.05. The number of aromatic nitrogens is 2. The van der Waals surface area contributed by atoms with E-state index in [-0.39, 0.29) is 11.7 Å². The van der Waals surface area contributed by atoms with Gasteiger partial charge in [0.1, 0.15) is 22.9 Å². The second-order valence-corrected chi connectivity index (χ2v) is 11.9. The minimum atomic E-state index is -0.0236. The Labute approximate surface area is 217 Å². The zero-order valence-electron chi connectivity index (χ0n) is 21.3. The highest BCUT2D eigenvalue weighted by molar-refractivity contribution is 7.19. The molecular weight excluding hydrogens is 466 g/mol. The summed E-state index contributed by atoms with van der Waals surface area (Å²) in [6, 6.07) is 9.48. The third kappa shape index (κ3) is 4.84. The fourth-order valence-electron chi connectivity index (χ4n) is 5.79. The third-order valence-electron chi connectivity index (χ3n) is 8.14. The van der Waals surface area contributed by atoms with Gasteiger partial charge in [-0.3, -0.25) is 9.36 Å². The number of fused-ring (bicyclic) bond motifs is 3. The van der Waals surface area contributed by atoms with Gasteiger partial charge in [0.15, 0.2) is 0 Å². The lowest BCUT2D eigenvalue weighted by Gasteiger charge is -2.36. The molecule has 5 nitrogen and oxygen atoms in total. The molecule has 0 amide bonds. The highest BCUT2D eigenvalue weighted by Gasteiger charge is 2.39. The summed E-state index contributed by atoms with van der Waals surface area (Å²) in [5, 5.41) is 0. The number of hydrogen-bond donors (Lipinski definition) is 0. The van der Waals surface area contributed by atoms with Gasteiger partial charge in [-0.05, 0) is 88.2 Å². The molecule has 4 heterocycles. The predicted molar refractivity (Wildman–Crippen MR) is 146 cm³/mol. The van der Waals surface area contributed by atoms with E-state index in [9.17, 15) is 4.79 Å². The van der Waals surface area contributed by atoms with Crippen molar-refractivity contribution in [3.63, 3.8) is 0 Å². The van der Waals surface area contributed by atoms with Gasteiger partial charge >= 0.3 is 0 Å². The monoisotopic (exact) mass is 501 g/mol. The Balaban J connectivity index is 1.29. The number of rotatable bonds is 7. The molecule has 3 aliphatic rings. The lowest BCUT2D eigenvalue weighted by Crippen LogP contribution is -2.43. The molecule has 6 heteroatoms. The Hall–Kier alpha value is -2.62. The zero-order valence-corrected chi connectivity index (χ0v) is 22.2. The van der Waals surface area contributed by atoms with Crippen LogP contribution in [0.4, 0.5) is 0 Å². The fourth-order valence-corrected chi connectivity index (χ4v) is 6.69. The number of ether oxygens (including phenoxy) is 1. The highest BCUT2D eigenvalue weighted by Crippen LogP contribution is 2.37. The summed E-state index contributed by atoms with van der Waals surface area (Å²) in [6.07, 6.45) is 13.6. The Bertz CT molecular complexity index is 1360. The molecule has 2 aromatic heterocycles. The van der Waals surface area contributed by atoms with E-state index in [1.54, 1.807) is 10.9 Å². The summed E-state index contributed by atoms with van der Waals surface area (Å²) < 4.78 is 9.00. The maximum atomic E-state index is 13.4. The molecular formula is C30H35N3O2S. The molecule has 36 heavy (non-hydrogen) atoms. The van der Waals surface area contributed by atoms with Gasteiger partial charge in [0, 0.05) is 18.0 Å². The van der Waals surface area contributed by atoms with E-state index in [0.29, 0.717) is 22.7 Å². The minimum absolute atomic E-state index is 0.0236. The molecule has 1 aliphatic carbocycles. The maximum absolute atomic E-state index is 13.4. The number of benzene rings is 1. The number of unbranched alkanes of at least 4 members (excludes halogenated alkanes) is 2. The molecule has 2 saturated heterocycles. The molecule has 2 aliphatic heterocycles. The molecule has 3 atom stereocenters. The van der Waals surface area contributed by atoms with Gasteiger partial charge in [-0.15, -0.1) is 11.3 Å². The number of piperidine rings is 1. The topological polar surface area (TPSA) is 47.4 Å². The van der Waals surface area contributed by atoms with Gasteiger partial charge in [-0.25, -0.2) is 4.98 Å². The van der Waals surface area contributed by atoms with Crippen molar-refractivity contribution < 1.29 is 4.74 Å². The van der Waals surface area contributed by atoms with Gasteiger partial charge in [0.05, 0.1) is 16.1 Å². The van der Waals surface area contributed by atoms with Crippen molar-refractivity contribution in [2.75, 3.05) is 7.05 Å². The van der Waals surface area contributed by atoms with E-state index >= 15 is 0 Å². The molecule has 0 spiro atoms. The van der Waals surface area contributed by atoms with E-state index in [1.165, 1.54) is 55.4 Å². The first kappa shape index (κ1) is 23.8. The number of aryl methyl sites for hydroxylation is 1. The molecule has 1 saturated carbocycles. The van der Waals surface area contributed by atoms with Gasteiger partial charge in [-0.2, -0.15) is 0 Å². The van der Waals surface area contributed by atoms with Crippen LogP contribution in [0.5, 0.6) is 5.75 Å². The van der Waals surface area contributed by atoms with Crippen LogP contribution in [0.2, 0.25) is 0 Å². The van der Waals surface area contributed by atoms with Crippen LogP contribution in [0.3, 0.4) is 0 Å². The van der Waals surface area contributed by atoms with E-state index in [4.69, 9.17) is 4.74 Å². The van der Waals surface area contributed by atoms with Gasteiger partial charge in [0.25, 0.3) is 5.56 Å². The Kier molecular flexibility index (Phi) is 6.62. The first-order valence-electron chi connectivity index (χ1n) is 13.6. The normalized spacial score (nSPS) is 23.6. The number of thiophene rings is 1. The smallest absolute Gasteiger partial charge is 0.275 e. The lowest BCUT2D eigenvalue weighted by atomic mass is 10.00. The van der Waals surface area contributed by atoms with Crippen LogP contribution in [0.15, 0.2) is 35.4 Å². The van der Waals surface area contributed by atoms with Crippen LogP contribution in [0.1, 0.15) is 75.2 Å². The molecule has 0 N–H and O–H groups in total. The molecule has 3 fully saturated rings. The van der Waals surface area contributed by atoms with E-state index in [0.717, 1.165) is 47.5 Å². The van der Waals surface area contributed by atoms with Crippen molar-refractivity contribution in [2.45, 2.75) is 89.3 Å². The van der Waals surface area contributed by atoms with Crippen LogP contribution < -0.4 is 10.3 Å². The highest BCUT2D eigenvalue weighted by atomic mass is 32.1. The molecule has 1 aromatic carbocycles. The average Bonchev–Trinajstić information content (AvgIpc) is 3.58. The number of nitrogens with zero attached hydrogens (tertiary/aromatic N) is 3. The second-order valence-electron chi connectivity index (χ2n) is 10.8. The predicted octanol–water partition coefficient (Wildman–Crippen LogP) is 5.95. The summed E-state index contributed by atoms with van der Waals surface area (Å²) in [6.45, 7) is 2.23. The van der Waals surface area contributed by atoms with Crippen molar-refractivity contribution in [1.82, 2.24) is 14.5 Å². The van der Waals surface area contributed by atoms with E-state index < -0.39 is 0 Å². The molecule has 0 unspecified atom stereocenters. The fraction of sp³-hybridized carbons (Fsp3) is 0.533. The maximum Gasteiger partial charge on any atom is 0.275 e.